The van der Waals surface area contributed by atoms with Gasteiger partial charge in [0.05, 0.1) is 11.8 Å². The van der Waals surface area contributed by atoms with Crippen molar-refractivity contribution in [2.24, 2.45) is 0 Å². The molecule has 0 aliphatic carbocycles. The SMILES string of the molecule is Cc1ccccc1NC(=O)c1cc2ccccc2c(NNc2c(C#N)cnn2-c2ccccn2)c1O. The molecule has 0 saturated heterocycles. The summed E-state index contributed by atoms with van der Waals surface area (Å²) in [6.45, 7) is 1.89. The number of nitriles is 1. The molecule has 0 bridgehead atoms. The summed E-state index contributed by atoms with van der Waals surface area (Å²) in [4.78, 5) is 17.5. The first-order valence-corrected chi connectivity index (χ1v) is 11.1. The molecule has 0 aliphatic rings. The number of hydrogen-bond acceptors (Lipinski definition) is 7. The molecule has 9 heteroatoms. The van der Waals surface area contributed by atoms with Gasteiger partial charge < -0.3 is 10.4 Å². The van der Waals surface area contributed by atoms with E-state index in [1.165, 1.54) is 10.9 Å². The Morgan fingerprint density at radius 1 is 1.03 bits per heavy atom. The molecule has 0 radical (unpaired) electrons. The molecule has 9 nitrogen and oxygen atoms in total. The van der Waals surface area contributed by atoms with Crippen LogP contribution < -0.4 is 16.2 Å². The molecule has 4 N–H and O–H groups in total. The van der Waals surface area contributed by atoms with E-state index in [1.54, 1.807) is 30.5 Å². The number of hydrazine groups is 1. The van der Waals surface area contributed by atoms with Crippen molar-refractivity contribution in [1.29, 1.82) is 5.26 Å². The fourth-order valence-electron chi connectivity index (χ4n) is 3.86. The highest BCUT2D eigenvalue weighted by atomic mass is 16.3. The third kappa shape index (κ3) is 4.15. The highest BCUT2D eigenvalue weighted by Crippen LogP contribution is 2.37. The second-order valence-corrected chi connectivity index (χ2v) is 8.01. The van der Waals surface area contributed by atoms with E-state index in [4.69, 9.17) is 0 Å². The van der Waals surface area contributed by atoms with Gasteiger partial charge in [-0.25, -0.2) is 4.98 Å². The number of aryl methyl sites for hydroxylation is 1. The molecule has 5 rings (SSSR count). The molecule has 2 heterocycles. The zero-order valence-electron chi connectivity index (χ0n) is 19.2. The number of aromatic hydroxyl groups is 1. The van der Waals surface area contributed by atoms with Crippen LogP contribution in [0, 0.1) is 18.3 Å². The Morgan fingerprint density at radius 3 is 2.58 bits per heavy atom. The monoisotopic (exact) mass is 475 g/mol. The van der Waals surface area contributed by atoms with Crippen LogP contribution in [0.1, 0.15) is 21.5 Å². The molecule has 1 amide bonds. The van der Waals surface area contributed by atoms with Crippen LogP contribution in [0.5, 0.6) is 5.75 Å². The number of aromatic nitrogens is 3. The van der Waals surface area contributed by atoms with Crippen LogP contribution >= 0.6 is 0 Å². The average molecular weight is 476 g/mol. The number of amides is 1. The van der Waals surface area contributed by atoms with Gasteiger partial charge in [0.25, 0.3) is 5.91 Å². The van der Waals surface area contributed by atoms with Gasteiger partial charge in [-0.1, -0.05) is 48.5 Å². The predicted molar refractivity (Wildman–Crippen MR) is 138 cm³/mol. The van der Waals surface area contributed by atoms with Crippen LogP contribution in [0.15, 0.2) is 85.2 Å². The highest BCUT2D eigenvalue weighted by Gasteiger charge is 2.20. The van der Waals surface area contributed by atoms with E-state index < -0.39 is 5.91 Å². The van der Waals surface area contributed by atoms with Crippen LogP contribution in [0.3, 0.4) is 0 Å². The van der Waals surface area contributed by atoms with Gasteiger partial charge in [0.2, 0.25) is 0 Å². The van der Waals surface area contributed by atoms with Crippen LogP contribution in [0.4, 0.5) is 17.2 Å². The van der Waals surface area contributed by atoms with Crippen molar-refractivity contribution >= 4 is 33.9 Å². The van der Waals surface area contributed by atoms with Gasteiger partial charge in [0.15, 0.2) is 17.4 Å². The number of phenolic OH excluding ortho intramolecular Hbond substituents is 1. The minimum absolute atomic E-state index is 0.0972. The molecule has 2 aromatic heterocycles. The van der Waals surface area contributed by atoms with Gasteiger partial charge in [-0.2, -0.15) is 15.0 Å². The van der Waals surface area contributed by atoms with E-state index in [2.05, 4.69) is 32.3 Å². The number of phenols is 1. The molecule has 36 heavy (non-hydrogen) atoms. The number of fused-ring (bicyclic) bond motifs is 1. The Hall–Kier alpha value is -5.36. The number of nitrogens with zero attached hydrogens (tertiary/aromatic N) is 4. The molecule has 5 aromatic rings. The second kappa shape index (κ2) is 9.48. The van der Waals surface area contributed by atoms with Gasteiger partial charge in [0.1, 0.15) is 17.3 Å². The third-order valence-corrected chi connectivity index (χ3v) is 5.72. The Morgan fingerprint density at radius 2 is 1.81 bits per heavy atom. The quantitative estimate of drug-likeness (QED) is 0.201. The second-order valence-electron chi connectivity index (χ2n) is 8.01. The van der Waals surface area contributed by atoms with E-state index in [9.17, 15) is 15.2 Å². The van der Waals surface area contributed by atoms with E-state index in [1.807, 2.05) is 55.5 Å². The fourth-order valence-corrected chi connectivity index (χ4v) is 3.86. The maximum absolute atomic E-state index is 13.2. The highest BCUT2D eigenvalue weighted by molar-refractivity contribution is 6.12. The number of rotatable bonds is 6. The Bertz CT molecular complexity index is 1620. The maximum Gasteiger partial charge on any atom is 0.259 e. The average Bonchev–Trinajstić information content (AvgIpc) is 3.32. The molecule has 0 saturated carbocycles. The van der Waals surface area contributed by atoms with E-state index in [-0.39, 0.29) is 22.6 Å². The summed E-state index contributed by atoms with van der Waals surface area (Å²) in [5, 5.41) is 29.3. The van der Waals surface area contributed by atoms with Crippen molar-refractivity contribution in [3.63, 3.8) is 0 Å². The molecule has 0 fully saturated rings. The lowest BCUT2D eigenvalue weighted by molar-refractivity contribution is 0.102. The molecular formula is C27H21N7O2. The Balaban J connectivity index is 1.53. The minimum Gasteiger partial charge on any atom is -0.505 e. The first-order valence-electron chi connectivity index (χ1n) is 11.1. The predicted octanol–water partition coefficient (Wildman–Crippen LogP) is 5.00. The van der Waals surface area contributed by atoms with Crippen LogP contribution in [0.2, 0.25) is 0 Å². The molecule has 176 valence electrons. The van der Waals surface area contributed by atoms with Crippen molar-refractivity contribution in [1.82, 2.24) is 14.8 Å². The number of pyridine rings is 1. The minimum atomic E-state index is -0.452. The normalized spacial score (nSPS) is 10.6. The summed E-state index contributed by atoms with van der Waals surface area (Å²) in [7, 11) is 0. The molecule has 0 aliphatic heterocycles. The standard InChI is InChI=1S/C27H21N7O2/c1-17-8-2-5-11-22(17)31-27(36)21-14-18-9-3-4-10-20(18)24(25(21)35)32-33-26-19(15-28)16-30-34(26)23-12-6-7-13-29-23/h2-14,16,32-33,35H,1H3,(H,31,36). The number of carbonyl (C=O) groups excluding carboxylic acids is 1. The Labute approximate surface area is 206 Å². The molecule has 3 aromatic carbocycles. The van der Waals surface area contributed by atoms with E-state index >= 15 is 0 Å². The molecule has 0 spiro atoms. The molecular weight excluding hydrogens is 454 g/mol. The van der Waals surface area contributed by atoms with E-state index in [0.29, 0.717) is 22.7 Å². The number of anilines is 3. The van der Waals surface area contributed by atoms with E-state index in [0.717, 1.165) is 10.9 Å². The number of hydrogen-bond donors (Lipinski definition) is 4. The summed E-state index contributed by atoms with van der Waals surface area (Å²) < 4.78 is 1.47. The first kappa shape index (κ1) is 22.4. The maximum atomic E-state index is 13.2. The van der Waals surface area contributed by atoms with Crippen LogP contribution in [-0.4, -0.2) is 25.8 Å². The van der Waals surface area contributed by atoms with Gasteiger partial charge in [-0.3, -0.25) is 15.6 Å². The summed E-state index contributed by atoms with van der Waals surface area (Å²) in [6, 6.07) is 23.8. The summed E-state index contributed by atoms with van der Waals surface area (Å²) in [5.41, 5.74) is 8.17. The fraction of sp³-hybridized carbons (Fsp3) is 0.0370. The number of nitrogens with one attached hydrogen (secondary N) is 3. The van der Waals surface area contributed by atoms with Crippen LogP contribution in [0.25, 0.3) is 16.6 Å². The van der Waals surface area contributed by atoms with Crippen molar-refractivity contribution < 1.29 is 9.90 Å². The first-order chi connectivity index (χ1) is 17.6. The van der Waals surface area contributed by atoms with Gasteiger partial charge in [-0.05, 0) is 42.1 Å². The summed E-state index contributed by atoms with van der Waals surface area (Å²) in [6.07, 6.45) is 3.04. The summed E-state index contributed by atoms with van der Waals surface area (Å²) >= 11 is 0. The van der Waals surface area contributed by atoms with Crippen molar-refractivity contribution in [2.75, 3.05) is 16.2 Å². The van der Waals surface area contributed by atoms with Crippen molar-refractivity contribution in [3.8, 4) is 17.6 Å². The van der Waals surface area contributed by atoms with Gasteiger partial charge >= 0.3 is 0 Å². The number of benzene rings is 3. The third-order valence-electron chi connectivity index (χ3n) is 5.72. The lowest BCUT2D eigenvalue weighted by Crippen LogP contribution is -2.17. The topological polar surface area (TPSA) is 128 Å². The zero-order valence-corrected chi connectivity index (χ0v) is 19.2. The smallest absolute Gasteiger partial charge is 0.259 e. The lowest BCUT2D eigenvalue weighted by atomic mass is 10.0. The summed E-state index contributed by atoms with van der Waals surface area (Å²) in [5.74, 6) is 0.139. The Kier molecular flexibility index (Phi) is 5.91. The number of carbonyl (C=O) groups is 1. The van der Waals surface area contributed by atoms with Gasteiger partial charge in [0, 0.05) is 17.3 Å². The zero-order chi connectivity index (χ0) is 25.1. The largest absolute Gasteiger partial charge is 0.505 e. The number of para-hydroxylation sites is 1. The van der Waals surface area contributed by atoms with Crippen LogP contribution in [-0.2, 0) is 0 Å². The van der Waals surface area contributed by atoms with Crippen molar-refractivity contribution in [3.05, 3.63) is 102 Å². The molecule has 0 atom stereocenters. The molecule has 0 unspecified atom stereocenters. The van der Waals surface area contributed by atoms with Gasteiger partial charge in [-0.15, -0.1) is 0 Å². The van der Waals surface area contributed by atoms with Crippen molar-refractivity contribution in [2.45, 2.75) is 6.92 Å². The lowest BCUT2D eigenvalue weighted by Gasteiger charge is -2.17.